The van der Waals surface area contributed by atoms with Gasteiger partial charge in [-0.2, -0.15) is 13.2 Å². The molecule has 1 aromatic heterocycles. The Hall–Kier alpha value is -0.243. The first-order valence-electron chi connectivity index (χ1n) is 7.04. The monoisotopic (exact) mass is 376 g/mol. The van der Waals surface area contributed by atoms with Crippen LogP contribution in [0, 0.1) is 0 Å². The molecular weight excluding hydrogens is 356 g/mol. The second-order valence-electron chi connectivity index (χ2n) is 6.35. The molecule has 0 aliphatic rings. The quantitative estimate of drug-likeness (QED) is 0.449. The fourth-order valence-corrected chi connectivity index (χ4v) is 2.89. The molecule has 1 rings (SSSR count). The van der Waals surface area contributed by atoms with Crippen LogP contribution in [-0.2, 0) is 17.9 Å². The van der Waals surface area contributed by atoms with Gasteiger partial charge < -0.3 is 4.74 Å². The third kappa shape index (κ3) is 7.35. The lowest BCUT2D eigenvalue weighted by molar-refractivity contribution is -0.135. The first kappa shape index (κ1) is 19.8. The molecule has 0 spiro atoms. The Balaban J connectivity index is 2.57. The van der Waals surface area contributed by atoms with Crippen molar-refractivity contribution in [1.29, 1.82) is 0 Å². The molecule has 0 fully saturated rings. The van der Waals surface area contributed by atoms with Crippen molar-refractivity contribution in [2.75, 3.05) is 6.61 Å². The number of hydrogen-bond acceptors (Lipinski definition) is 2. The second kappa shape index (κ2) is 8.03. The van der Waals surface area contributed by atoms with Gasteiger partial charge in [0.25, 0.3) is 0 Å². The van der Waals surface area contributed by atoms with Crippen molar-refractivity contribution in [1.82, 2.24) is 9.55 Å². The Morgan fingerprint density at radius 2 is 1.86 bits per heavy atom. The molecule has 0 aliphatic carbocycles. The average molecular weight is 377 g/mol. The Bertz CT molecular complexity index is 487. The van der Waals surface area contributed by atoms with E-state index < -0.39 is 20.7 Å². The van der Waals surface area contributed by atoms with Crippen LogP contribution in [0.25, 0.3) is 0 Å². The van der Waals surface area contributed by atoms with Crippen LogP contribution >= 0.6 is 23.2 Å². The third-order valence-corrected chi connectivity index (χ3v) is 5.47. The molecule has 0 radical (unpaired) electrons. The summed E-state index contributed by atoms with van der Waals surface area (Å²) in [5.41, 5.74) is 0. The van der Waals surface area contributed by atoms with Crippen molar-refractivity contribution in [3.05, 3.63) is 16.1 Å². The molecule has 0 unspecified atom stereocenters. The summed E-state index contributed by atoms with van der Waals surface area (Å²) in [7, 11) is -1.19. The minimum Gasteiger partial charge on any atom is -0.361 e. The zero-order chi connectivity index (χ0) is 17.0. The normalized spacial score (nSPS) is 12.9. The molecule has 1 aromatic rings. The first-order chi connectivity index (χ1) is 9.99. The molecule has 9 heteroatoms. The van der Waals surface area contributed by atoms with Gasteiger partial charge in [-0.15, -0.1) is 0 Å². The lowest BCUT2D eigenvalue weighted by Gasteiger charge is -2.16. The number of aryl methyl sites for hydroxylation is 1. The van der Waals surface area contributed by atoms with E-state index in [1.165, 1.54) is 4.57 Å². The smallest absolute Gasteiger partial charge is 0.361 e. The van der Waals surface area contributed by atoms with Crippen molar-refractivity contribution in [2.45, 2.75) is 57.9 Å². The topological polar surface area (TPSA) is 27.1 Å². The van der Waals surface area contributed by atoms with Gasteiger partial charge in [-0.1, -0.05) is 42.8 Å². The van der Waals surface area contributed by atoms with Crippen LogP contribution in [0.1, 0.15) is 18.7 Å². The van der Waals surface area contributed by atoms with E-state index in [1.807, 2.05) is 0 Å². The maximum absolute atomic E-state index is 12.2. The van der Waals surface area contributed by atoms with Crippen LogP contribution in [0.15, 0.2) is 0 Å². The molecule has 0 amide bonds. The van der Waals surface area contributed by atoms with Gasteiger partial charge in [-0.25, -0.2) is 4.98 Å². The number of aromatic nitrogens is 2. The standard InChI is InChI=1S/C13H21Cl2F3N2OSi/c1-22(2,3)8-7-21-9-20-10(19-11(14)12(20)15)5-4-6-13(16,17)18/h4-9H2,1-3H3. The predicted molar refractivity (Wildman–Crippen MR) is 85.3 cm³/mol. The van der Waals surface area contributed by atoms with Gasteiger partial charge in [0, 0.05) is 27.5 Å². The summed E-state index contributed by atoms with van der Waals surface area (Å²) in [6.07, 6.45) is -4.92. The molecule has 0 aromatic carbocycles. The fraction of sp³-hybridized carbons (Fsp3) is 0.769. The van der Waals surface area contributed by atoms with Crippen molar-refractivity contribution in [2.24, 2.45) is 0 Å². The number of rotatable bonds is 8. The van der Waals surface area contributed by atoms with E-state index in [0.29, 0.717) is 12.4 Å². The van der Waals surface area contributed by atoms with E-state index >= 15 is 0 Å². The Morgan fingerprint density at radius 1 is 1.23 bits per heavy atom. The molecule has 128 valence electrons. The van der Waals surface area contributed by atoms with Crippen LogP contribution in [0.3, 0.4) is 0 Å². The summed E-state index contributed by atoms with van der Waals surface area (Å²) in [6.45, 7) is 7.45. The number of hydrogen-bond donors (Lipinski definition) is 0. The number of nitrogens with zero attached hydrogens (tertiary/aromatic N) is 2. The van der Waals surface area contributed by atoms with Gasteiger partial charge in [0.15, 0.2) is 5.15 Å². The maximum Gasteiger partial charge on any atom is 0.389 e. The summed E-state index contributed by atoms with van der Waals surface area (Å²) in [5, 5.41) is 0.300. The summed E-state index contributed by atoms with van der Waals surface area (Å²) < 4.78 is 43.7. The largest absolute Gasteiger partial charge is 0.389 e. The zero-order valence-corrected chi connectivity index (χ0v) is 15.4. The van der Waals surface area contributed by atoms with Gasteiger partial charge in [-0.3, -0.25) is 4.57 Å². The molecule has 0 saturated carbocycles. The van der Waals surface area contributed by atoms with Gasteiger partial charge >= 0.3 is 6.18 Å². The highest BCUT2D eigenvalue weighted by molar-refractivity contribution is 6.76. The molecular formula is C13H21Cl2F3N2OSi. The Labute approximate surface area is 139 Å². The zero-order valence-electron chi connectivity index (χ0n) is 12.9. The number of imidazole rings is 1. The van der Waals surface area contributed by atoms with Crippen LogP contribution in [-0.4, -0.2) is 30.4 Å². The highest BCUT2D eigenvalue weighted by atomic mass is 35.5. The highest BCUT2D eigenvalue weighted by Crippen LogP contribution is 2.26. The van der Waals surface area contributed by atoms with E-state index in [4.69, 9.17) is 27.9 Å². The molecule has 1 heterocycles. The van der Waals surface area contributed by atoms with Crippen LogP contribution < -0.4 is 0 Å². The van der Waals surface area contributed by atoms with Gasteiger partial charge in [0.1, 0.15) is 17.7 Å². The van der Waals surface area contributed by atoms with Crippen LogP contribution in [0.4, 0.5) is 13.2 Å². The molecule has 0 aliphatic heterocycles. The van der Waals surface area contributed by atoms with E-state index in [-0.39, 0.29) is 29.9 Å². The minimum atomic E-state index is -4.17. The van der Waals surface area contributed by atoms with E-state index in [1.54, 1.807) is 0 Å². The lowest BCUT2D eigenvalue weighted by atomic mass is 10.2. The molecule has 0 N–H and O–H groups in total. The number of alkyl halides is 3. The van der Waals surface area contributed by atoms with Crippen LogP contribution in [0.5, 0.6) is 0 Å². The van der Waals surface area contributed by atoms with Gasteiger partial charge in [-0.05, 0) is 12.5 Å². The maximum atomic E-state index is 12.2. The highest BCUT2D eigenvalue weighted by Gasteiger charge is 2.26. The van der Waals surface area contributed by atoms with Crippen molar-refractivity contribution >= 4 is 31.3 Å². The van der Waals surface area contributed by atoms with Gasteiger partial charge in [0.05, 0.1) is 0 Å². The summed E-state index contributed by atoms with van der Waals surface area (Å²) >= 11 is 11.9. The Kier molecular flexibility index (Phi) is 7.23. The number of halogens is 5. The first-order valence-corrected chi connectivity index (χ1v) is 11.5. The molecule has 22 heavy (non-hydrogen) atoms. The third-order valence-electron chi connectivity index (χ3n) is 3.02. The van der Waals surface area contributed by atoms with Crippen molar-refractivity contribution < 1.29 is 17.9 Å². The van der Waals surface area contributed by atoms with E-state index in [2.05, 4.69) is 24.6 Å². The van der Waals surface area contributed by atoms with Gasteiger partial charge in [0.2, 0.25) is 0 Å². The number of ether oxygens (including phenoxy) is 1. The molecule has 0 bridgehead atoms. The van der Waals surface area contributed by atoms with E-state index in [0.717, 1.165) is 6.04 Å². The summed E-state index contributed by atoms with van der Waals surface area (Å²) in [6, 6.07) is 0.996. The molecule has 0 atom stereocenters. The lowest BCUT2D eigenvalue weighted by Crippen LogP contribution is -2.22. The van der Waals surface area contributed by atoms with Crippen molar-refractivity contribution in [3.8, 4) is 0 Å². The molecule has 3 nitrogen and oxygen atoms in total. The van der Waals surface area contributed by atoms with E-state index in [9.17, 15) is 13.2 Å². The summed E-state index contributed by atoms with van der Waals surface area (Å²) in [4.78, 5) is 4.02. The van der Waals surface area contributed by atoms with Crippen LogP contribution in [0.2, 0.25) is 36.0 Å². The average Bonchev–Trinajstić information content (AvgIpc) is 2.59. The predicted octanol–water partition coefficient (Wildman–Crippen LogP) is 5.39. The van der Waals surface area contributed by atoms with Crippen molar-refractivity contribution in [3.63, 3.8) is 0 Å². The second-order valence-corrected chi connectivity index (χ2v) is 12.7. The SMILES string of the molecule is C[Si](C)(C)CCOCn1c(CCCC(F)(F)F)nc(Cl)c1Cl. The Morgan fingerprint density at radius 3 is 2.41 bits per heavy atom. The summed E-state index contributed by atoms with van der Waals surface area (Å²) in [5.74, 6) is 0.423. The fourth-order valence-electron chi connectivity index (χ4n) is 1.75. The molecule has 0 saturated heterocycles. The minimum absolute atomic E-state index is 0.0535.